The lowest BCUT2D eigenvalue weighted by Crippen LogP contribution is -2.20. The van der Waals surface area contributed by atoms with Crippen LogP contribution in [0.1, 0.15) is 12.1 Å². The molecule has 16 heavy (non-hydrogen) atoms. The molecule has 0 bridgehead atoms. The zero-order chi connectivity index (χ0) is 10.8. The summed E-state index contributed by atoms with van der Waals surface area (Å²) in [5, 5.41) is 3.29. The maximum absolute atomic E-state index is 4.37. The number of nitrogens with zero attached hydrogens (tertiary/aromatic N) is 3. The minimum Gasteiger partial charge on any atom is -0.313 e. The molecule has 0 saturated carbocycles. The van der Waals surface area contributed by atoms with Crippen LogP contribution in [-0.2, 0) is 0 Å². The molecule has 0 aliphatic carbocycles. The second-order valence-corrected chi connectivity index (χ2v) is 3.78. The molecule has 0 aromatic carbocycles. The first kappa shape index (κ1) is 9.42. The highest BCUT2D eigenvalue weighted by Crippen LogP contribution is 2.22. The summed E-state index contributed by atoms with van der Waals surface area (Å²) >= 11 is 0. The molecule has 0 amide bonds. The van der Waals surface area contributed by atoms with E-state index >= 15 is 0 Å². The summed E-state index contributed by atoms with van der Waals surface area (Å²) in [6, 6.07) is 3.87. The van der Waals surface area contributed by atoms with Crippen LogP contribution in [0.25, 0.3) is 16.6 Å². The van der Waals surface area contributed by atoms with Crippen LogP contribution in [0.3, 0.4) is 0 Å². The highest BCUT2D eigenvalue weighted by Gasteiger charge is 2.11. The van der Waals surface area contributed by atoms with Gasteiger partial charge in [-0.05, 0) is 30.7 Å². The first-order valence-electron chi connectivity index (χ1n) is 5.41. The minimum absolute atomic E-state index is 0.901. The Hall–Kier alpha value is -1.81. The van der Waals surface area contributed by atoms with E-state index in [4.69, 9.17) is 0 Å². The predicted octanol–water partition coefficient (Wildman–Crippen LogP) is 1.40. The Balaban J connectivity index is 2.19. The van der Waals surface area contributed by atoms with E-state index < -0.39 is 0 Å². The van der Waals surface area contributed by atoms with Gasteiger partial charge < -0.3 is 5.32 Å². The van der Waals surface area contributed by atoms with Crippen molar-refractivity contribution >= 4 is 16.6 Å². The molecule has 3 heterocycles. The van der Waals surface area contributed by atoms with Crippen LogP contribution >= 0.6 is 0 Å². The van der Waals surface area contributed by atoms with E-state index in [2.05, 4.69) is 26.3 Å². The summed E-state index contributed by atoms with van der Waals surface area (Å²) in [7, 11) is 0. The van der Waals surface area contributed by atoms with E-state index in [0.717, 1.165) is 36.2 Å². The summed E-state index contributed by atoms with van der Waals surface area (Å²) in [5.74, 6) is 0. The van der Waals surface area contributed by atoms with Gasteiger partial charge in [-0.25, -0.2) is 9.97 Å². The molecule has 1 aliphatic rings. The van der Waals surface area contributed by atoms with Gasteiger partial charge in [-0.1, -0.05) is 6.08 Å². The third kappa shape index (κ3) is 1.57. The van der Waals surface area contributed by atoms with Crippen LogP contribution < -0.4 is 5.32 Å². The first-order valence-corrected chi connectivity index (χ1v) is 5.41. The molecule has 1 aliphatic heterocycles. The lowest BCUT2D eigenvalue weighted by Gasteiger charge is -2.14. The summed E-state index contributed by atoms with van der Waals surface area (Å²) < 4.78 is 0. The average Bonchev–Trinajstić information content (AvgIpc) is 2.39. The zero-order valence-electron chi connectivity index (χ0n) is 8.85. The van der Waals surface area contributed by atoms with Crippen molar-refractivity contribution in [2.45, 2.75) is 6.42 Å². The SMILES string of the molecule is C1=C(c2ncnc3cccnc23)CCNC1. The monoisotopic (exact) mass is 212 g/mol. The van der Waals surface area contributed by atoms with Crippen LogP contribution in [0.5, 0.6) is 0 Å². The summed E-state index contributed by atoms with van der Waals surface area (Å²) in [6.07, 6.45) is 6.59. The third-order valence-electron chi connectivity index (χ3n) is 2.76. The van der Waals surface area contributed by atoms with E-state index in [0.29, 0.717) is 0 Å². The minimum atomic E-state index is 0.901. The summed E-state index contributed by atoms with van der Waals surface area (Å²) in [5.41, 5.74) is 4.06. The van der Waals surface area contributed by atoms with Crippen molar-refractivity contribution in [3.63, 3.8) is 0 Å². The van der Waals surface area contributed by atoms with Gasteiger partial charge in [0.15, 0.2) is 0 Å². The van der Waals surface area contributed by atoms with Gasteiger partial charge in [0.05, 0.1) is 11.2 Å². The molecule has 80 valence electrons. The summed E-state index contributed by atoms with van der Waals surface area (Å²) in [6.45, 7) is 1.91. The molecule has 0 radical (unpaired) electrons. The van der Waals surface area contributed by atoms with Gasteiger partial charge in [0.1, 0.15) is 11.8 Å². The molecule has 0 atom stereocenters. The molecule has 0 unspecified atom stereocenters. The molecule has 2 aromatic rings. The fraction of sp³-hybridized carbons (Fsp3) is 0.250. The Labute approximate surface area is 93.5 Å². The molecule has 0 saturated heterocycles. The number of hydrogen-bond acceptors (Lipinski definition) is 4. The van der Waals surface area contributed by atoms with Crippen molar-refractivity contribution < 1.29 is 0 Å². The highest BCUT2D eigenvalue weighted by atomic mass is 14.9. The van der Waals surface area contributed by atoms with E-state index in [9.17, 15) is 0 Å². The molecule has 3 rings (SSSR count). The van der Waals surface area contributed by atoms with Gasteiger partial charge in [-0.15, -0.1) is 0 Å². The van der Waals surface area contributed by atoms with Crippen molar-refractivity contribution in [2.75, 3.05) is 13.1 Å². The average molecular weight is 212 g/mol. The second-order valence-electron chi connectivity index (χ2n) is 3.78. The lowest BCUT2D eigenvalue weighted by molar-refractivity contribution is 0.737. The largest absolute Gasteiger partial charge is 0.313 e. The van der Waals surface area contributed by atoms with E-state index in [-0.39, 0.29) is 0 Å². The Morgan fingerprint density at radius 1 is 1.19 bits per heavy atom. The normalized spacial score (nSPS) is 16.1. The number of fused-ring (bicyclic) bond motifs is 1. The number of hydrogen-bond donors (Lipinski definition) is 1. The standard InChI is InChI=1S/C12H12N4/c1-2-10-12(14-5-1)11(16-8-15-10)9-3-6-13-7-4-9/h1-3,5,8,13H,4,6-7H2. The fourth-order valence-electron chi connectivity index (χ4n) is 1.97. The molecule has 2 aromatic heterocycles. The van der Waals surface area contributed by atoms with Crippen LogP contribution in [0.4, 0.5) is 0 Å². The van der Waals surface area contributed by atoms with Gasteiger partial charge in [0.25, 0.3) is 0 Å². The second kappa shape index (κ2) is 3.98. The smallest absolute Gasteiger partial charge is 0.116 e. The van der Waals surface area contributed by atoms with Gasteiger partial charge in [-0.3, -0.25) is 4.98 Å². The number of pyridine rings is 1. The van der Waals surface area contributed by atoms with Crippen LogP contribution in [0.15, 0.2) is 30.7 Å². The topological polar surface area (TPSA) is 50.7 Å². The Kier molecular flexibility index (Phi) is 2.34. The summed E-state index contributed by atoms with van der Waals surface area (Å²) in [4.78, 5) is 13.0. The zero-order valence-corrected chi connectivity index (χ0v) is 8.85. The maximum atomic E-state index is 4.37. The van der Waals surface area contributed by atoms with Gasteiger partial charge >= 0.3 is 0 Å². The highest BCUT2D eigenvalue weighted by molar-refractivity contribution is 5.86. The van der Waals surface area contributed by atoms with Crippen molar-refractivity contribution in [2.24, 2.45) is 0 Å². The van der Waals surface area contributed by atoms with E-state index in [1.165, 1.54) is 5.57 Å². The molecule has 4 heteroatoms. The number of nitrogens with one attached hydrogen (secondary N) is 1. The van der Waals surface area contributed by atoms with Crippen LogP contribution in [-0.4, -0.2) is 28.0 Å². The van der Waals surface area contributed by atoms with Gasteiger partial charge in [0.2, 0.25) is 0 Å². The number of rotatable bonds is 1. The predicted molar refractivity (Wildman–Crippen MR) is 62.8 cm³/mol. The van der Waals surface area contributed by atoms with Crippen LogP contribution in [0, 0.1) is 0 Å². The van der Waals surface area contributed by atoms with Crippen molar-refractivity contribution in [1.29, 1.82) is 0 Å². The van der Waals surface area contributed by atoms with Crippen molar-refractivity contribution in [3.05, 3.63) is 36.4 Å². The van der Waals surface area contributed by atoms with Crippen molar-refractivity contribution in [1.82, 2.24) is 20.3 Å². The van der Waals surface area contributed by atoms with Crippen molar-refractivity contribution in [3.8, 4) is 0 Å². The molecule has 1 N–H and O–H groups in total. The van der Waals surface area contributed by atoms with Gasteiger partial charge in [-0.2, -0.15) is 0 Å². The Morgan fingerprint density at radius 3 is 3.06 bits per heavy atom. The lowest BCUT2D eigenvalue weighted by atomic mass is 10.0. The van der Waals surface area contributed by atoms with E-state index in [1.54, 1.807) is 12.5 Å². The third-order valence-corrected chi connectivity index (χ3v) is 2.76. The Morgan fingerprint density at radius 2 is 2.19 bits per heavy atom. The molecule has 4 nitrogen and oxygen atoms in total. The molecular formula is C12H12N4. The molecular weight excluding hydrogens is 200 g/mol. The fourth-order valence-corrected chi connectivity index (χ4v) is 1.97. The first-order chi connectivity index (χ1) is 7.95. The van der Waals surface area contributed by atoms with Crippen LogP contribution in [0.2, 0.25) is 0 Å². The van der Waals surface area contributed by atoms with Gasteiger partial charge in [0, 0.05) is 12.7 Å². The Bertz CT molecular complexity index is 542. The number of aromatic nitrogens is 3. The maximum Gasteiger partial charge on any atom is 0.116 e. The quantitative estimate of drug-likeness (QED) is 0.776. The molecule has 0 spiro atoms. The van der Waals surface area contributed by atoms with E-state index in [1.807, 2.05) is 12.1 Å². The molecule has 0 fully saturated rings.